The van der Waals surface area contributed by atoms with E-state index in [1.165, 1.54) is 24.8 Å². The Labute approximate surface area is 331 Å². The van der Waals surface area contributed by atoms with Crippen molar-refractivity contribution in [1.82, 2.24) is 16.0 Å². The molecule has 0 aliphatic heterocycles. The van der Waals surface area contributed by atoms with Crippen molar-refractivity contribution in [2.75, 3.05) is 12.4 Å². The monoisotopic (exact) mass is 767 g/mol. The first-order valence-electron chi connectivity index (χ1n) is 18.6. The standard InChI is InChI=1S/C46H45N3O6S/c1-4-39(44(52)53)47-42(50)40(29-56-46(31-18-8-5-9-19-31,32-20-10-6-11-21-32)33-22-12-7-13-23-33)48-43(51)41(30(2)3)49-45(54)55-28-38-36-26-16-14-24-34(36)35-25-15-17-27-37(35)38/h4-27,30,38,40-41H,28-29H2,1-3H3,(H,47,50)(H,48,51)(H,49,54)(H,52,53)/b39-4-/t40-,41-/m1/s1. The topological polar surface area (TPSA) is 134 Å². The number of hydrogen-bond acceptors (Lipinski definition) is 6. The molecule has 10 heteroatoms. The molecular weight excluding hydrogens is 723 g/mol. The lowest BCUT2D eigenvalue weighted by atomic mass is 9.84. The van der Waals surface area contributed by atoms with Gasteiger partial charge in [0.25, 0.3) is 0 Å². The van der Waals surface area contributed by atoms with Crippen molar-refractivity contribution < 1.29 is 29.0 Å². The Kier molecular flexibility index (Phi) is 12.7. The number of carbonyl (C=O) groups is 4. The highest BCUT2D eigenvalue weighted by atomic mass is 32.2. The van der Waals surface area contributed by atoms with Crippen LogP contribution < -0.4 is 16.0 Å². The molecule has 0 saturated carbocycles. The molecule has 0 saturated heterocycles. The normalized spacial score (nSPS) is 13.5. The van der Waals surface area contributed by atoms with Gasteiger partial charge in [-0.2, -0.15) is 0 Å². The number of benzene rings is 5. The number of thioether (sulfide) groups is 1. The summed E-state index contributed by atoms with van der Waals surface area (Å²) in [6, 6.07) is 43.4. The summed E-state index contributed by atoms with van der Waals surface area (Å²) in [5, 5.41) is 17.8. The van der Waals surface area contributed by atoms with E-state index < -0.39 is 46.6 Å². The fourth-order valence-corrected chi connectivity index (χ4v) is 8.75. The molecule has 0 heterocycles. The smallest absolute Gasteiger partial charge is 0.407 e. The first-order chi connectivity index (χ1) is 27.1. The third-order valence-electron chi connectivity index (χ3n) is 9.98. The summed E-state index contributed by atoms with van der Waals surface area (Å²) in [4.78, 5) is 53.5. The minimum Gasteiger partial charge on any atom is -0.477 e. The molecule has 6 rings (SSSR count). The molecule has 4 N–H and O–H groups in total. The van der Waals surface area contributed by atoms with Gasteiger partial charge in [0.05, 0.1) is 4.75 Å². The number of carboxylic acid groups (broad SMARTS) is 1. The second-order valence-corrected chi connectivity index (χ2v) is 15.1. The number of carbonyl (C=O) groups excluding carboxylic acids is 3. The second-order valence-electron chi connectivity index (χ2n) is 13.8. The van der Waals surface area contributed by atoms with Crippen LogP contribution in [0.15, 0.2) is 151 Å². The Bertz CT molecular complexity index is 2050. The van der Waals surface area contributed by atoms with Crippen LogP contribution in [0.3, 0.4) is 0 Å². The van der Waals surface area contributed by atoms with Crippen molar-refractivity contribution in [2.45, 2.75) is 43.5 Å². The highest BCUT2D eigenvalue weighted by Crippen LogP contribution is 2.49. The van der Waals surface area contributed by atoms with Gasteiger partial charge in [-0.1, -0.05) is 159 Å². The first-order valence-corrected chi connectivity index (χ1v) is 19.6. The maximum Gasteiger partial charge on any atom is 0.407 e. The molecule has 0 spiro atoms. The van der Waals surface area contributed by atoms with Crippen LogP contribution in [0.2, 0.25) is 0 Å². The predicted octanol–water partition coefficient (Wildman–Crippen LogP) is 7.86. The summed E-state index contributed by atoms with van der Waals surface area (Å²) < 4.78 is 4.94. The van der Waals surface area contributed by atoms with Crippen LogP contribution in [0.5, 0.6) is 0 Å². The zero-order valence-electron chi connectivity index (χ0n) is 31.5. The third-order valence-corrected chi connectivity index (χ3v) is 11.6. The molecule has 0 fully saturated rings. The van der Waals surface area contributed by atoms with Gasteiger partial charge in [-0.3, -0.25) is 9.59 Å². The number of alkyl carbamates (subject to hydrolysis) is 1. The Morgan fingerprint density at radius 1 is 0.696 bits per heavy atom. The van der Waals surface area contributed by atoms with Gasteiger partial charge in [-0.25, -0.2) is 9.59 Å². The zero-order valence-corrected chi connectivity index (χ0v) is 32.3. The van der Waals surface area contributed by atoms with Crippen LogP contribution in [-0.4, -0.2) is 53.4 Å². The summed E-state index contributed by atoms with van der Waals surface area (Å²) in [7, 11) is 0. The molecular formula is C46H45N3O6S. The van der Waals surface area contributed by atoms with Gasteiger partial charge in [0.15, 0.2) is 0 Å². The van der Waals surface area contributed by atoms with Gasteiger partial charge in [0.2, 0.25) is 11.8 Å². The SMILES string of the molecule is C/C=C(\NC(=O)[C@@H](CSC(c1ccccc1)(c1ccccc1)c1ccccc1)NC(=O)[C@H](NC(=O)OCC1c2ccccc2-c2ccccc21)C(C)C)C(=O)O. The Hall–Kier alpha value is -6.13. The van der Waals surface area contributed by atoms with Crippen molar-refractivity contribution >= 4 is 35.6 Å². The lowest BCUT2D eigenvalue weighted by molar-refractivity contribution is -0.135. The van der Waals surface area contributed by atoms with Crippen LogP contribution in [0.1, 0.15) is 54.5 Å². The summed E-state index contributed by atoms with van der Waals surface area (Å²) in [6.45, 7) is 5.14. The van der Waals surface area contributed by atoms with E-state index in [4.69, 9.17) is 4.74 Å². The minimum atomic E-state index is -1.32. The number of aliphatic carboxylic acids is 1. The van der Waals surface area contributed by atoms with Crippen molar-refractivity contribution in [3.63, 3.8) is 0 Å². The lowest BCUT2D eigenvalue weighted by Gasteiger charge is -2.36. The van der Waals surface area contributed by atoms with Gasteiger partial charge >= 0.3 is 12.1 Å². The minimum absolute atomic E-state index is 0.0304. The molecule has 56 heavy (non-hydrogen) atoms. The summed E-state index contributed by atoms with van der Waals surface area (Å²) >= 11 is 1.44. The number of nitrogens with one attached hydrogen (secondary N) is 3. The van der Waals surface area contributed by atoms with E-state index >= 15 is 0 Å². The van der Waals surface area contributed by atoms with Crippen LogP contribution in [0, 0.1) is 5.92 Å². The van der Waals surface area contributed by atoms with Crippen molar-refractivity contribution in [1.29, 1.82) is 0 Å². The third kappa shape index (κ3) is 8.56. The van der Waals surface area contributed by atoms with Crippen LogP contribution in [0.4, 0.5) is 4.79 Å². The van der Waals surface area contributed by atoms with Gasteiger partial charge in [0, 0.05) is 11.7 Å². The van der Waals surface area contributed by atoms with Crippen LogP contribution in [-0.2, 0) is 23.9 Å². The zero-order chi connectivity index (χ0) is 39.7. The molecule has 2 atom stereocenters. The van der Waals surface area contributed by atoms with E-state index in [1.807, 2.05) is 127 Å². The average Bonchev–Trinajstić information content (AvgIpc) is 3.55. The molecule has 0 bridgehead atoms. The number of carboxylic acids is 1. The van der Waals surface area contributed by atoms with E-state index in [1.54, 1.807) is 13.8 Å². The van der Waals surface area contributed by atoms with Crippen molar-refractivity contribution in [3.05, 3.63) is 179 Å². The maximum absolute atomic E-state index is 14.1. The van der Waals surface area contributed by atoms with Gasteiger partial charge in [-0.05, 0) is 51.8 Å². The number of rotatable bonds is 15. The number of allylic oxidation sites excluding steroid dienone is 1. The number of fused-ring (bicyclic) bond motifs is 3. The molecule has 5 aromatic rings. The fraction of sp³-hybridized carbons (Fsp3) is 0.217. The van der Waals surface area contributed by atoms with E-state index in [-0.39, 0.29) is 24.0 Å². The predicted molar refractivity (Wildman–Crippen MR) is 220 cm³/mol. The Morgan fingerprint density at radius 2 is 1.16 bits per heavy atom. The fourth-order valence-electron chi connectivity index (χ4n) is 7.19. The van der Waals surface area contributed by atoms with Crippen LogP contribution in [0.25, 0.3) is 11.1 Å². The molecule has 286 valence electrons. The lowest BCUT2D eigenvalue weighted by Crippen LogP contribution is -2.56. The average molecular weight is 768 g/mol. The molecule has 1 aliphatic carbocycles. The number of amides is 3. The van der Waals surface area contributed by atoms with Crippen molar-refractivity contribution in [3.8, 4) is 11.1 Å². The van der Waals surface area contributed by atoms with Gasteiger partial charge in [-0.15, -0.1) is 11.8 Å². The van der Waals surface area contributed by atoms with E-state index in [0.29, 0.717) is 0 Å². The van der Waals surface area contributed by atoms with Crippen LogP contribution >= 0.6 is 11.8 Å². The maximum atomic E-state index is 14.1. The summed E-state index contributed by atoms with van der Waals surface area (Å²) in [5.74, 6) is -3.18. The Morgan fingerprint density at radius 3 is 1.61 bits per heavy atom. The molecule has 0 aromatic heterocycles. The van der Waals surface area contributed by atoms with E-state index in [0.717, 1.165) is 38.9 Å². The summed E-state index contributed by atoms with van der Waals surface area (Å²) in [6.07, 6.45) is 0.513. The molecule has 5 aromatic carbocycles. The summed E-state index contributed by atoms with van der Waals surface area (Å²) in [5.41, 5.74) is 6.84. The van der Waals surface area contributed by atoms with Crippen molar-refractivity contribution in [2.24, 2.45) is 5.92 Å². The number of hydrogen-bond donors (Lipinski definition) is 4. The quantitative estimate of drug-likeness (QED) is 0.0630. The number of ether oxygens (including phenoxy) is 1. The molecule has 0 unspecified atom stereocenters. The highest BCUT2D eigenvalue weighted by molar-refractivity contribution is 8.00. The van der Waals surface area contributed by atoms with Gasteiger partial charge in [0.1, 0.15) is 24.4 Å². The second kappa shape index (κ2) is 18.0. The van der Waals surface area contributed by atoms with E-state index in [2.05, 4.69) is 28.1 Å². The highest BCUT2D eigenvalue weighted by Gasteiger charge is 2.39. The first kappa shape index (κ1) is 39.6. The molecule has 3 amide bonds. The molecule has 0 radical (unpaired) electrons. The molecule has 9 nitrogen and oxygen atoms in total. The van der Waals surface area contributed by atoms with Gasteiger partial charge < -0.3 is 25.8 Å². The Balaban J connectivity index is 1.25. The largest absolute Gasteiger partial charge is 0.477 e. The molecule has 1 aliphatic rings. The van der Waals surface area contributed by atoms with E-state index in [9.17, 15) is 24.3 Å².